The maximum absolute atomic E-state index is 12.0. The third-order valence-corrected chi connectivity index (χ3v) is 5.53. The van der Waals surface area contributed by atoms with Crippen molar-refractivity contribution in [2.75, 3.05) is 13.2 Å². The number of nitrogens with one attached hydrogen (secondary N) is 1. The Balaban J connectivity index is 1.36. The summed E-state index contributed by atoms with van der Waals surface area (Å²) in [5.74, 6) is 6.07. The zero-order valence-corrected chi connectivity index (χ0v) is 15.8. The molecule has 1 aliphatic carbocycles. The number of thiophene rings is 1. The van der Waals surface area contributed by atoms with Crippen LogP contribution in [-0.2, 0) is 4.74 Å². The zero-order chi connectivity index (χ0) is 18.6. The molecule has 1 amide bonds. The first-order chi connectivity index (χ1) is 13.2. The highest BCUT2D eigenvalue weighted by molar-refractivity contribution is 7.12. The predicted molar refractivity (Wildman–Crippen MR) is 109 cm³/mol. The summed E-state index contributed by atoms with van der Waals surface area (Å²) in [5.41, 5.74) is 4.86. The van der Waals surface area contributed by atoms with Gasteiger partial charge in [0, 0.05) is 10.8 Å². The van der Waals surface area contributed by atoms with Gasteiger partial charge in [-0.1, -0.05) is 60.4 Å². The highest BCUT2D eigenvalue weighted by Crippen LogP contribution is 2.44. The van der Waals surface area contributed by atoms with Gasteiger partial charge in [-0.15, -0.1) is 11.3 Å². The minimum atomic E-state index is -0.437. The molecule has 4 rings (SSSR count). The number of rotatable bonds is 3. The summed E-state index contributed by atoms with van der Waals surface area (Å²) in [7, 11) is 0. The number of ether oxygens (including phenoxy) is 1. The van der Waals surface area contributed by atoms with Gasteiger partial charge >= 0.3 is 6.09 Å². The number of benzene rings is 2. The van der Waals surface area contributed by atoms with Crippen LogP contribution < -0.4 is 5.32 Å². The van der Waals surface area contributed by atoms with Crippen LogP contribution in [0.5, 0.6) is 0 Å². The molecule has 0 saturated heterocycles. The van der Waals surface area contributed by atoms with Crippen molar-refractivity contribution >= 4 is 17.4 Å². The van der Waals surface area contributed by atoms with Gasteiger partial charge in [-0.05, 0) is 41.3 Å². The van der Waals surface area contributed by atoms with Crippen LogP contribution in [0.3, 0.4) is 0 Å². The molecule has 0 unspecified atom stereocenters. The molecule has 2 aromatic carbocycles. The Bertz CT molecular complexity index is 996. The van der Waals surface area contributed by atoms with Crippen LogP contribution in [0.1, 0.15) is 26.8 Å². The standard InChI is InChI=1S/C23H19NO2S/c1-16-12-13-17(27-16)7-6-14-24-23(25)26-15-22-20-10-4-2-8-18(20)19-9-3-5-11-21(19)22/h2-5,8-13,22H,14-15H2,1H3,(H,24,25). The molecule has 1 aliphatic rings. The van der Waals surface area contributed by atoms with Crippen LogP contribution in [0.15, 0.2) is 60.7 Å². The average molecular weight is 373 g/mol. The Morgan fingerprint density at radius 3 is 2.33 bits per heavy atom. The van der Waals surface area contributed by atoms with Crippen molar-refractivity contribution in [2.24, 2.45) is 0 Å². The minimum Gasteiger partial charge on any atom is -0.449 e. The fourth-order valence-corrected chi connectivity index (χ4v) is 4.14. The molecule has 0 saturated carbocycles. The number of alkyl carbamates (subject to hydrolysis) is 1. The smallest absolute Gasteiger partial charge is 0.407 e. The van der Waals surface area contributed by atoms with Crippen molar-refractivity contribution in [3.05, 3.63) is 81.5 Å². The van der Waals surface area contributed by atoms with E-state index in [0.29, 0.717) is 6.61 Å². The summed E-state index contributed by atoms with van der Waals surface area (Å²) in [6.07, 6.45) is -0.437. The summed E-state index contributed by atoms with van der Waals surface area (Å²) < 4.78 is 5.48. The number of fused-ring (bicyclic) bond motifs is 3. The molecule has 134 valence electrons. The number of carbonyl (C=O) groups is 1. The number of carbonyl (C=O) groups excluding carboxylic acids is 1. The maximum atomic E-state index is 12.0. The second kappa shape index (κ2) is 7.69. The van der Waals surface area contributed by atoms with Gasteiger partial charge in [-0.25, -0.2) is 4.79 Å². The Morgan fingerprint density at radius 1 is 1.04 bits per heavy atom. The van der Waals surface area contributed by atoms with Gasteiger partial charge in [-0.3, -0.25) is 0 Å². The highest BCUT2D eigenvalue weighted by Gasteiger charge is 2.28. The molecule has 1 heterocycles. The molecule has 1 N–H and O–H groups in total. The van der Waals surface area contributed by atoms with E-state index >= 15 is 0 Å². The third kappa shape index (κ3) is 3.74. The van der Waals surface area contributed by atoms with Gasteiger partial charge in [0.05, 0.1) is 11.4 Å². The normalized spacial score (nSPS) is 11.9. The summed E-state index contributed by atoms with van der Waals surface area (Å²) in [5, 5.41) is 2.70. The van der Waals surface area contributed by atoms with Crippen LogP contribution in [0.25, 0.3) is 11.1 Å². The van der Waals surface area contributed by atoms with Gasteiger partial charge < -0.3 is 10.1 Å². The molecule has 0 bridgehead atoms. The minimum absolute atomic E-state index is 0.0725. The van der Waals surface area contributed by atoms with E-state index in [-0.39, 0.29) is 12.5 Å². The first-order valence-electron chi connectivity index (χ1n) is 8.86. The topological polar surface area (TPSA) is 38.3 Å². The fraction of sp³-hybridized carbons (Fsp3) is 0.174. The summed E-state index contributed by atoms with van der Waals surface area (Å²) in [6.45, 7) is 2.63. The first-order valence-corrected chi connectivity index (χ1v) is 9.68. The van der Waals surface area contributed by atoms with Crippen molar-refractivity contribution in [2.45, 2.75) is 12.8 Å². The zero-order valence-electron chi connectivity index (χ0n) is 15.0. The van der Waals surface area contributed by atoms with Gasteiger partial charge in [0.1, 0.15) is 6.61 Å². The first kappa shape index (κ1) is 17.4. The van der Waals surface area contributed by atoms with Crippen molar-refractivity contribution in [3.63, 3.8) is 0 Å². The van der Waals surface area contributed by atoms with Gasteiger partial charge in [0.15, 0.2) is 0 Å². The largest absolute Gasteiger partial charge is 0.449 e. The van der Waals surface area contributed by atoms with Crippen LogP contribution in [0, 0.1) is 18.8 Å². The molecule has 1 aromatic heterocycles. The Hall–Kier alpha value is -3.03. The predicted octanol–water partition coefficient (Wildman–Crippen LogP) is 4.95. The SMILES string of the molecule is Cc1ccc(C#CCNC(=O)OCC2c3ccccc3-c3ccccc32)s1. The quantitative estimate of drug-likeness (QED) is 0.660. The lowest BCUT2D eigenvalue weighted by molar-refractivity contribution is 0.144. The van der Waals surface area contributed by atoms with E-state index in [1.54, 1.807) is 11.3 Å². The van der Waals surface area contributed by atoms with Crippen molar-refractivity contribution in [3.8, 4) is 23.0 Å². The number of amides is 1. The molecular formula is C23H19NO2S. The summed E-state index contributed by atoms with van der Waals surface area (Å²) in [4.78, 5) is 14.3. The lowest BCUT2D eigenvalue weighted by Crippen LogP contribution is -2.26. The van der Waals surface area contributed by atoms with E-state index in [2.05, 4.69) is 41.4 Å². The van der Waals surface area contributed by atoms with Crippen LogP contribution in [0.2, 0.25) is 0 Å². The lowest BCUT2D eigenvalue weighted by Gasteiger charge is -2.14. The van der Waals surface area contributed by atoms with Crippen LogP contribution in [-0.4, -0.2) is 19.2 Å². The van der Waals surface area contributed by atoms with Crippen LogP contribution in [0.4, 0.5) is 4.79 Å². The molecule has 0 atom stereocenters. The summed E-state index contributed by atoms with van der Waals surface area (Å²) in [6, 6.07) is 20.6. The fourth-order valence-electron chi connectivity index (χ4n) is 3.40. The molecule has 3 nitrogen and oxygen atoms in total. The van der Waals surface area contributed by atoms with Gasteiger partial charge in [0.2, 0.25) is 0 Å². The molecule has 0 spiro atoms. The number of hydrogen-bond donors (Lipinski definition) is 1. The summed E-state index contributed by atoms with van der Waals surface area (Å²) >= 11 is 1.64. The average Bonchev–Trinajstić information content (AvgIpc) is 3.25. The van der Waals surface area contributed by atoms with Gasteiger partial charge in [-0.2, -0.15) is 0 Å². The van der Waals surface area contributed by atoms with Crippen LogP contribution >= 0.6 is 11.3 Å². The third-order valence-electron chi connectivity index (χ3n) is 4.62. The Labute approximate surface area is 163 Å². The molecule has 0 fully saturated rings. The second-order valence-corrected chi connectivity index (χ2v) is 7.68. The molecule has 0 radical (unpaired) electrons. The Morgan fingerprint density at radius 2 is 1.70 bits per heavy atom. The number of hydrogen-bond acceptors (Lipinski definition) is 3. The van der Waals surface area contributed by atoms with Crippen molar-refractivity contribution < 1.29 is 9.53 Å². The molecule has 0 aliphatic heterocycles. The van der Waals surface area contributed by atoms with Crippen molar-refractivity contribution in [1.29, 1.82) is 0 Å². The highest BCUT2D eigenvalue weighted by atomic mass is 32.1. The molecule has 4 heteroatoms. The molecule has 27 heavy (non-hydrogen) atoms. The van der Waals surface area contributed by atoms with E-state index in [0.717, 1.165) is 4.88 Å². The van der Waals surface area contributed by atoms with Gasteiger partial charge in [0.25, 0.3) is 0 Å². The Kier molecular flexibility index (Phi) is 4.95. The lowest BCUT2D eigenvalue weighted by atomic mass is 9.98. The maximum Gasteiger partial charge on any atom is 0.407 e. The van der Waals surface area contributed by atoms with E-state index in [1.807, 2.05) is 43.3 Å². The second-order valence-electron chi connectivity index (χ2n) is 6.39. The molecular weight excluding hydrogens is 354 g/mol. The monoisotopic (exact) mass is 373 g/mol. The molecule has 3 aromatic rings. The van der Waals surface area contributed by atoms with E-state index in [9.17, 15) is 4.79 Å². The van der Waals surface area contributed by atoms with E-state index in [4.69, 9.17) is 4.74 Å². The van der Waals surface area contributed by atoms with E-state index < -0.39 is 6.09 Å². The van der Waals surface area contributed by atoms with E-state index in [1.165, 1.54) is 27.1 Å². The van der Waals surface area contributed by atoms with Crippen molar-refractivity contribution in [1.82, 2.24) is 5.32 Å². The number of aryl methyl sites for hydroxylation is 1.